The maximum Gasteiger partial charge on any atom is 0.305 e. The maximum atomic E-state index is 13.5. The highest BCUT2D eigenvalue weighted by Gasteiger charge is 2.44. The molecule has 0 saturated carbocycles. The Bertz CT molecular complexity index is 1250. The number of benzene rings is 1. The molecule has 1 aromatic heterocycles. The highest BCUT2D eigenvalue weighted by atomic mass is 16.4. The van der Waals surface area contributed by atoms with Crippen molar-refractivity contribution in [2.24, 2.45) is 0 Å². The van der Waals surface area contributed by atoms with E-state index in [2.05, 4.69) is 15.6 Å². The van der Waals surface area contributed by atoms with Crippen molar-refractivity contribution >= 4 is 46.8 Å². The zero-order valence-electron chi connectivity index (χ0n) is 20.0. The molecule has 3 atom stereocenters. The van der Waals surface area contributed by atoms with Crippen LogP contribution in [0.4, 0.5) is 0 Å². The SMILES string of the molecule is O=CC(CC(=O)O)NC(=O)C1CCCN2C(=O)CCC(NC(=O)Cc3cnc4ccccc4c3)C(=O)N12. The summed E-state index contributed by atoms with van der Waals surface area (Å²) in [5.41, 5.74) is 1.45. The van der Waals surface area contributed by atoms with Crippen LogP contribution in [-0.2, 0) is 35.2 Å². The molecule has 2 saturated heterocycles. The van der Waals surface area contributed by atoms with E-state index in [1.54, 1.807) is 6.20 Å². The summed E-state index contributed by atoms with van der Waals surface area (Å²) in [4.78, 5) is 78.6. The molecule has 0 bridgehead atoms. The quantitative estimate of drug-likeness (QED) is 0.417. The standard InChI is InChI=1S/C25H27N5O7/c31-14-17(12-23(34)35)27-24(36)20-6-3-9-29-22(33)8-7-19(25(37)30(20)29)28-21(32)11-15-10-16-4-1-2-5-18(16)26-13-15/h1-2,4-5,10,13-14,17,19-20H,3,6-9,11-12H2,(H,27,36)(H,28,32)(H,34,35). The number of aldehydes is 1. The predicted octanol–water partition coefficient (Wildman–Crippen LogP) is -0.0511. The molecule has 3 heterocycles. The Labute approximate surface area is 212 Å². The van der Waals surface area contributed by atoms with Crippen molar-refractivity contribution < 1.29 is 33.9 Å². The lowest BCUT2D eigenvalue weighted by Gasteiger charge is -2.43. The zero-order valence-corrected chi connectivity index (χ0v) is 20.0. The first-order valence-corrected chi connectivity index (χ1v) is 12.0. The Morgan fingerprint density at radius 1 is 1.19 bits per heavy atom. The third-order valence-electron chi connectivity index (χ3n) is 6.40. The van der Waals surface area contributed by atoms with Crippen LogP contribution < -0.4 is 10.6 Å². The number of nitrogens with one attached hydrogen (secondary N) is 2. The van der Waals surface area contributed by atoms with Crippen molar-refractivity contribution in [1.82, 2.24) is 25.6 Å². The number of hydrazine groups is 1. The fraction of sp³-hybridized carbons (Fsp3) is 0.400. The largest absolute Gasteiger partial charge is 0.481 e. The lowest BCUT2D eigenvalue weighted by Crippen LogP contribution is -2.64. The molecule has 0 spiro atoms. The van der Waals surface area contributed by atoms with Gasteiger partial charge in [-0.2, -0.15) is 0 Å². The topological polar surface area (TPSA) is 166 Å². The Balaban J connectivity index is 1.48. The minimum Gasteiger partial charge on any atom is -0.481 e. The molecule has 3 N–H and O–H groups in total. The molecule has 0 radical (unpaired) electrons. The van der Waals surface area contributed by atoms with Gasteiger partial charge in [-0.15, -0.1) is 0 Å². The summed E-state index contributed by atoms with van der Waals surface area (Å²) in [6.07, 6.45) is 1.97. The van der Waals surface area contributed by atoms with Crippen molar-refractivity contribution in [3.8, 4) is 0 Å². The number of aromatic nitrogens is 1. The van der Waals surface area contributed by atoms with Gasteiger partial charge < -0.3 is 20.5 Å². The Morgan fingerprint density at radius 2 is 1.97 bits per heavy atom. The van der Waals surface area contributed by atoms with Crippen LogP contribution in [0.2, 0.25) is 0 Å². The van der Waals surface area contributed by atoms with Gasteiger partial charge in [-0.05, 0) is 37.0 Å². The second-order valence-corrected chi connectivity index (χ2v) is 9.08. The second kappa shape index (κ2) is 11.1. The first-order valence-electron chi connectivity index (χ1n) is 12.0. The molecule has 2 aliphatic rings. The molecule has 4 rings (SSSR count). The summed E-state index contributed by atoms with van der Waals surface area (Å²) >= 11 is 0. The number of hydrogen-bond donors (Lipinski definition) is 3. The molecule has 4 amide bonds. The van der Waals surface area contributed by atoms with E-state index in [1.165, 1.54) is 5.01 Å². The fourth-order valence-electron chi connectivity index (χ4n) is 4.65. The number of rotatable bonds is 8. The van der Waals surface area contributed by atoms with Crippen LogP contribution in [0.3, 0.4) is 0 Å². The molecule has 1 aromatic carbocycles. The third-order valence-corrected chi connectivity index (χ3v) is 6.40. The van der Waals surface area contributed by atoms with Crippen LogP contribution in [0.1, 0.15) is 37.7 Å². The molecule has 12 heteroatoms. The van der Waals surface area contributed by atoms with Crippen LogP contribution in [0.5, 0.6) is 0 Å². The molecule has 2 aromatic rings. The number of carboxylic acid groups (broad SMARTS) is 1. The van der Waals surface area contributed by atoms with Gasteiger partial charge in [0.25, 0.3) is 5.91 Å². The highest BCUT2D eigenvalue weighted by Crippen LogP contribution is 2.25. The van der Waals surface area contributed by atoms with E-state index in [0.29, 0.717) is 18.3 Å². The van der Waals surface area contributed by atoms with E-state index in [-0.39, 0.29) is 38.1 Å². The summed E-state index contributed by atoms with van der Waals surface area (Å²) in [7, 11) is 0. The van der Waals surface area contributed by atoms with Gasteiger partial charge in [0.2, 0.25) is 17.7 Å². The van der Waals surface area contributed by atoms with Crippen LogP contribution in [0.25, 0.3) is 10.9 Å². The first kappa shape index (κ1) is 25.7. The number of hydrogen-bond acceptors (Lipinski definition) is 7. The molecular formula is C25H27N5O7. The van der Waals surface area contributed by atoms with Crippen LogP contribution in [0.15, 0.2) is 36.5 Å². The molecular weight excluding hydrogens is 482 g/mol. The summed E-state index contributed by atoms with van der Waals surface area (Å²) in [5, 5.41) is 17.1. The number of carbonyl (C=O) groups is 6. The van der Waals surface area contributed by atoms with E-state index in [1.807, 2.05) is 30.3 Å². The number of pyridine rings is 1. The summed E-state index contributed by atoms with van der Waals surface area (Å²) in [5.74, 6) is -3.42. The predicted molar refractivity (Wildman–Crippen MR) is 128 cm³/mol. The van der Waals surface area contributed by atoms with Crippen LogP contribution in [-0.4, -0.2) is 80.7 Å². The number of nitrogens with zero attached hydrogens (tertiary/aromatic N) is 3. The maximum absolute atomic E-state index is 13.5. The lowest BCUT2D eigenvalue weighted by molar-refractivity contribution is -0.176. The van der Waals surface area contributed by atoms with Gasteiger partial charge in [0.05, 0.1) is 24.4 Å². The smallest absolute Gasteiger partial charge is 0.305 e. The molecule has 37 heavy (non-hydrogen) atoms. The normalized spacial score (nSPS) is 20.5. The number of carbonyl (C=O) groups excluding carboxylic acids is 5. The van der Waals surface area contributed by atoms with Crippen LogP contribution in [0, 0.1) is 0 Å². The highest BCUT2D eigenvalue weighted by molar-refractivity contribution is 5.96. The van der Waals surface area contributed by atoms with Gasteiger partial charge in [0, 0.05) is 24.5 Å². The van der Waals surface area contributed by atoms with E-state index in [0.717, 1.165) is 15.9 Å². The summed E-state index contributed by atoms with van der Waals surface area (Å²) < 4.78 is 0. The van der Waals surface area contributed by atoms with Crippen molar-refractivity contribution in [2.75, 3.05) is 6.54 Å². The fourth-order valence-corrected chi connectivity index (χ4v) is 4.65. The van der Waals surface area contributed by atoms with Gasteiger partial charge in [0.1, 0.15) is 18.4 Å². The molecule has 0 aliphatic carbocycles. The van der Waals surface area contributed by atoms with Gasteiger partial charge in [-0.1, -0.05) is 18.2 Å². The molecule has 2 fully saturated rings. The summed E-state index contributed by atoms with van der Waals surface area (Å²) in [6.45, 7) is 0.226. The minimum atomic E-state index is -1.27. The van der Waals surface area contributed by atoms with Crippen molar-refractivity contribution in [3.05, 3.63) is 42.1 Å². The average molecular weight is 510 g/mol. The Kier molecular flexibility index (Phi) is 7.75. The van der Waals surface area contributed by atoms with Crippen molar-refractivity contribution in [1.29, 1.82) is 0 Å². The van der Waals surface area contributed by atoms with E-state index >= 15 is 0 Å². The molecule has 12 nitrogen and oxygen atoms in total. The molecule has 194 valence electrons. The van der Waals surface area contributed by atoms with Gasteiger partial charge in [-0.25, -0.2) is 5.01 Å². The Hall–Kier alpha value is -4.35. The number of aliphatic carboxylic acids is 1. The number of para-hydroxylation sites is 1. The molecule has 3 unspecified atom stereocenters. The number of amides is 4. The van der Waals surface area contributed by atoms with Crippen molar-refractivity contribution in [2.45, 2.75) is 56.7 Å². The van der Waals surface area contributed by atoms with Crippen molar-refractivity contribution in [3.63, 3.8) is 0 Å². The van der Waals surface area contributed by atoms with E-state index in [9.17, 15) is 28.8 Å². The summed E-state index contributed by atoms with van der Waals surface area (Å²) in [6, 6.07) is 5.88. The van der Waals surface area contributed by atoms with E-state index in [4.69, 9.17) is 5.11 Å². The minimum absolute atomic E-state index is 0.00493. The van der Waals surface area contributed by atoms with Gasteiger partial charge in [0.15, 0.2) is 0 Å². The Morgan fingerprint density at radius 3 is 2.73 bits per heavy atom. The van der Waals surface area contributed by atoms with E-state index < -0.39 is 48.2 Å². The third kappa shape index (κ3) is 5.90. The average Bonchev–Trinajstić information content (AvgIpc) is 3.00. The van der Waals surface area contributed by atoms with Gasteiger partial charge >= 0.3 is 5.97 Å². The monoisotopic (exact) mass is 509 g/mol. The first-order chi connectivity index (χ1) is 17.8. The zero-order chi connectivity index (χ0) is 26.5. The number of carboxylic acids is 1. The molecule has 2 aliphatic heterocycles. The number of fused-ring (bicyclic) bond motifs is 2. The van der Waals surface area contributed by atoms with Gasteiger partial charge in [-0.3, -0.25) is 34.0 Å². The second-order valence-electron chi connectivity index (χ2n) is 9.08. The van der Waals surface area contributed by atoms with Crippen LogP contribution >= 0.6 is 0 Å². The lowest BCUT2D eigenvalue weighted by atomic mass is 10.0.